The summed E-state index contributed by atoms with van der Waals surface area (Å²) in [5.41, 5.74) is 7.72. The number of benzene rings is 1. The Hall–Kier alpha value is -1.51. The van der Waals surface area contributed by atoms with E-state index in [1.165, 1.54) is 5.56 Å². The molecule has 14 heavy (non-hydrogen) atoms. The number of hydrogen-bond acceptors (Lipinski definition) is 3. The predicted octanol–water partition coefficient (Wildman–Crippen LogP) is 1.63. The minimum Gasteiger partial charge on any atom is -0.481 e. The highest BCUT2D eigenvalue weighted by atomic mass is 16.5. The molecule has 1 aromatic rings. The first kappa shape index (κ1) is 9.06. The zero-order valence-electron chi connectivity index (χ0n) is 8.02. The van der Waals surface area contributed by atoms with Crippen LogP contribution in [0.1, 0.15) is 12.0 Å². The summed E-state index contributed by atoms with van der Waals surface area (Å²) in [7, 11) is 0. The van der Waals surface area contributed by atoms with Gasteiger partial charge in [0.05, 0.1) is 6.04 Å². The fourth-order valence-corrected chi connectivity index (χ4v) is 1.50. The van der Waals surface area contributed by atoms with Gasteiger partial charge in [0.15, 0.2) is 6.40 Å². The van der Waals surface area contributed by atoms with Crippen LogP contribution in [-0.4, -0.2) is 19.0 Å². The number of rotatable bonds is 3. The van der Waals surface area contributed by atoms with Crippen LogP contribution in [0.5, 0.6) is 0 Å². The van der Waals surface area contributed by atoms with Crippen molar-refractivity contribution in [1.29, 1.82) is 0 Å². The van der Waals surface area contributed by atoms with E-state index in [4.69, 9.17) is 10.5 Å². The van der Waals surface area contributed by atoms with E-state index in [9.17, 15) is 0 Å². The van der Waals surface area contributed by atoms with Gasteiger partial charge in [0, 0.05) is 5.69 Å². The lowest BCUT2D eigenvalue weighted by Crippen LogP contribution is -2.07. The fraction of sp³-hybridized carbons (Fsp3) is 0.364. The topological polar surface area (TPSA) is 47.6 Å². The third-order valence-corrected chi connectivity index (χ3v) is 2.38. The summed E-state index contributed by atoms with van der Waals surface area (Å²) in [6.07, 6.45) is 3.62. The minimum atomic E-state index is 0.340. The number of aryl methyl sites for hydroxylation is 1. The third kappa shape index (κ3) is 2.25. The van der Waals surface area contributed by atoms with Crippen LogP contribution in [0.15, 0.2) is 29.3 Å². The number of ether oxygens (including phenoxy) is 1. The van der Waals surface area contributed by atoms with E-state index >= 15 is 0 Å². The maximum Gasteiger partial charge on any atom is 0.169 e. The molecule has 0 saturated carbocycles. The van der Waals surface area contributed by atoms with Crippen LogP contribution in [0.2, 0.25) is 0 Å². The van der Waals surface area contributed by atoms with E-state index in [0.717, 1.165) is 25.1 Å². The second-order valence-electron chi connectivity index (χ2n) is 3.52. The molecule has 1 atom stereocenters. The van der Waals surface area contributed by atoms with E-state index < -0.39 is 0 Å². The lowest BCUT2D eigenvalue weighted by Gasteiger charge is -2.05. The molecule has 0 bridgehead atoms. The van der Waals surface area contributed by atoms with Crippen LogP contribution < -0.4 is 5.73 Å². The van der Waals surface area contributed by atoms with E-state index in [-0.39, 0.29) is 0 Å². The Labute approximate surface area is 83.6 Å². The van der Waals surface area contributed by atoms with Gasteiger partial charge >= 0.3 is 0 Å². The number of nitrogens with two attached hydrogens (primary N) is 1. The van der Waals surface area contributed by atoms with Gasteiger partial charge < -0.3 is 10.5 Å². The van der Waals surface area contributed by atoms with Crippen LogP contribution in [0, 0.1) is 0 Å². The molecule has 0 amide bonds. The van der Waals surface area contributed by atoms with Gasteiger partial charge in [-0.25, -0.2) is 0 Å². The summed E-state index contributed by atoms with van der Waals surface area (Å²) in [5, 5.41) is 0. The van der Waals surface area contributed by atoms with Crippen LogP contribution in [0.3, 0.4) is 0 Å². The Morgan fingerprint density at radius 3 is 2.79 bits per heavy atom. The molecule has 0 spiro atoms. The molecule has 0 fully saturated rings. The first-order valence-corrected chi connectivity index (χ1v) is 4.82. The van der Waals surface area contributed by atoms with Crippen LogP contribution in [0.25, 0.3) is 0 Å². The number of nitrogen functional groups attached to an aromatic ring is 1. The Morgan fingerprint density at radius 2 is 2.14 bits per heavy atom. The second kappa shape index (κ2) is 4.13. The highest BCUT2D eigenvalue weighted by Gasteiger charge is 2.10. The summed E-state index contributed by atoms with van der Waals surface area (Å²) in [5.74, 6) is 0. The van der Waals surface area contributed by atoms with Crippen molar-refractivity contribution in [2.24, 2.45) is 4.99 Å². The summed E-state index contributed by atoms with van der Waals surface area (Å²) in [4.78, 5) is 4.20. The monoisotopic (exact) mass is 190 g/mol. The molecular weight excluding hydrogens is 176 g/mol. The fourth-order valence-electron chi connectivity index (χ4n) is 1.50. The van der Waals surface area contributed by atoms with Gasteiger partial charge in [-0.15, -0.1) is 0 Å². The molecule has 2 N–H and O–H groups in total. The number of hydrogen-bond donors (Lipinski definition) is 1. The van der Waals surface area contributed by atoms with E-state index in [2.05, 4.69) is 17.1 Å². The maximum absolute atomic E-state index is 5.60. The summed E-state index contributed by atoms with van der Waals surface area (Å²) in [6.45, 7) is 0.731. The van der Waals surface area contributed by atoms with E-state index in [1.807, 2.05) is 12.1 Å². The maximum atomic E-state index is 5.60. The molecule has 1 aliphatic rings. The van der Waals surface area contributed by atoms with Gasteiger partial charge in [0.25, 0.3) is 0 Å². The van der Waals surface area contributed by atoms with Gasteiger partial charge in [-0.1, -0.05) is 12.1 Å². The molecule has 1 aromatic carbocycles. The minimum absolute atomic E-state index is 0.340. The third-order valence-electron chi connectivity index (χ3n) is 2.38. The van der Waals surface area contributed by atoms with Crippen LogP contribution in [-0.2, 0) is 11.2 Å². The van der Waals surface area contributed by atoms with Crippen molar-refractivity contribution in [2.75, 3.05) is 12.3 Å². The molecule has 0 saturated heterocycles. The molecule has 0 unspecified atom stereocenters. The highest BCUT2D eigenvalue weighted by Crippen LogP contribution is 2.11. The Bertz CT molecular complexity index is 319. The molecule has 0 aromatic heterocycles. The van der Waals surface area contributed by atoms with Crippen molar-refractivity contribution in [3.63, 3.8) is 0 Å². The van der Waals surface area contributed by atoms with Gasteiger partial charge in [-0.3, -0.25) is 4.99 Å². The van der Waals surface area contributed by atoms with E-state index in [1.54, 1.807) is 6.40 Å². The van der Waals surface area contributed by atoms with Gasteiger partial charge in [-0.05, 0) is 30.5 Å². The molecule has 0 aliphatic carbocycles. The van der Waals surface area contributed by atoms with Gasteiger partial charge in [-0.2, -0.15) is 0 Å². The Morgan fingerprint density at radius 1 is 1.36 bits per heavy atom. The van der Waals surface area contributed by atoms with Crippen LogP contribution in [0.4, 0.5) is 5.69 Å². The lowest BCUT2D eigenvalue weighted by atomic mass is 10.1. The second-order valence-corrected chi connectivity index (χ2v) is 3.52. The first-order valence-electron chi connectivity index (χ1n) is 4.82. The molecule has 2 rings (SSSR count). The van der Waals surface area contributed by atoms with Crippen molar-refractivity contribution in [3.05, 3.63) is 29.8 Å². The zero-order valence-corrected chi connectivity index (χ0v) is 8.02. The standard InChI is InChI=1S/C11H14N2O/c12-10-4-1-9(2-5-10)3-6-11-7-14-8-13-11/h1-2,4-5,8,11H,3,6-7,12H2/t11-/m0/s1. The lowest BCUT2D eigenvalue weighted by molar-refractivity contribution is 0.322. The molecule has 3 nitrogen and oxygen atoms in total. The quantitative estimate of drug-likeness (QED) is 0.736. The number of aliphatic imine (C=N–C) groups is 1. The van der Waals surface area contributed by atoms with Crippen molar-refractivity contribution >= 4 is 12.1 Å². The smallest absolute Gasteiger partial charge is 0.169 e. The average Bonchev–Trinajstić information content (AvgIpc) is 2.70. The normalized spacial score (nSPS) is 19.6. The Kier molecular flexibility index (Phi) is 2.68. The number of nitrogens with zero attached hydrogens (tertiary/aromatic N) is 1. The Balaban J connectivity index is 1.85. The SMILES string of the molecule is Nc1ccc(CC[C@H]2COC=N2)cc1. The summed E-state index contributed by atoms with van der Waals surface area (Å²) < 4.78 is 5.05. The van der Waals surface area contributed by atoms with Crippen molar-refractivity contribution in [2.45, 2.75) is 18.9 Å². The van der Waals surface area contributed by atoms with Gasteiger partial charge in [0.1, 0.15) is 6.61 Å². The predicted molar refractivity (Wildman–Crippen MR) is 57.4 cm³/mol. The molecule has 1 aliphatic heterocycles. The zero-order chi connectivity index (χ0) is 9.80. The van der Waals surface area contributed by atoms with Crippen molar-refractivity contribution in [3.8, 4) is 0 Å². The summed E-state index contributed by atoms with van der Waals surface area (Å²) in [6, 6.07) is 8.34. The molecule has 74 valence electrons. The molecule has 1 heterocycles. The van der Waals surface area contributed by atoms with Crippen LogP contribution >= 0.6 is 0 Å². The highest BCUT2D eigenvalue weighted by molar-refractivity contribution is 5.48. The molecule has 3 heteroatoms. The summed E-state index contributed by atoms with van der Waals surface area (Å²) >= 11 is 0. The van der Waals surface area contributed by atoms with E-state index in [0.29, 0.717) is 6.04 Å². The number of anilines is 1. The average molecular weight is 190 g/mol. The largest absolute Gasteiger partial charge is 0.481 e. The molecule has 0 radical (unpaired) electrons. The molecular formula is C11H14N2O. The van der Waals surface area contributed by atoms with Crippen molar-refractivity contribution < 1.29 is 4.74 Å². The van der Waals surface area contributed by atoms with Gasteiger partial charge in [0.2, 0.25) is 0 Å². The first-order chi connectivity index (χ1) is 6.84. The van der Waals surface area contributed by atoms with Crippen molar-refractivity contribution in [1.82, 2.24) is 0 Å².